The fourth-order valence-corrected chi connectivity index (χ4v) is 6.13. The van der Waals surface area contributed by atoms with Crippen molar-refractivity contribution in [2.45, 2.75) is 46.0 Å². The molecular weight excluding hydrogens is 511 g/mol. The number of carbonyl (C=O) groups is 1. The molecule has 1 unspecified atom stereocenters. The van der Waals surface area contributed by atoms with Gasteiger partial charge in [-0.05, 0) is 43.2 Å². The van der Waals surface area contributed by atoms with Gasteiger partial charge in [-0.25, -0.2) is 8.42 Å². The summed E-state index contributed by atoms with van der Waals surface area (Å²) in [6, 6.07) is 11.1. The van der Waals surface area contributed by atoms with E-state index >= 15 is 0 Å². The van der Waals surface area contributed by atoms with Gasteiger partial charge in [0.25, 0.3) is 9.84 Å². The Balaban J connectivity index is 0.00000324. The van der Waals surface area contributed by atoms with Crippen molar-refractivity contribution in [3.05, 3.63) is 42.5 Å². The summed E-state index contributed by atoms with van der Waals surface area (Å²) >= 11 is 1.40. The van der Waals surface area contributed by atoms with Crippen molar-refractivity contribution in [2.75, 3.05) is 31.1 Å². The van der Waals surface area contributed by atoms with Crippen molar-refractivity contribution >= 4 is 51.3 Å². The molecule has 1 atom stereocenters. The van der Waals surface area contributed by atoms with E-state index in [1.54, 1.807) is 6.92 Å². The van der Waals surface area contributed by atoms with E-state index in [0.717, 1.165) is 29.3 Å². The van der Waals surface area contributed by atoms with Crippen LogP contribution in [0, 0.1) is 0 Å². The van der Waals surface area contributed by atoms with E-state index in [2.05, 4.69) is 5.32 Å². The number of piperazine rings is 1. The number of amides is 1. The van der Waals surface area contributed by atoms with E-state index in [-0.39, 0.29) is 24.4 Å². The maximum absolute atomic E-state index is 13.2. The second-order valence-corrected chi connectivity index (χ2v) is 11.0. The SMILES string of the molecule is CC(=O)N1CCNCC1CCCN1c2ccccc2Sc2ccc(S(=O)(=O)C(F)(F)F)cc21.Cl. The molecular formula is C22H25ClF3N3O3S2. The number of rotatable bonds is 5. The van der Waals surface area contributed by atoms with Crippen LogP contribution >= 0.6 is 24.2 Å². The highest BCUT2D eigenvalue weighted by Crippen LogP contribution is 2.49. The zero-order valence-corrected chi connectivity index (χ0v) is 20.8. The Morgan fingerprint density at radius 1 is 1.15 bits per heavy atom. The molecule has 2 heterocycles. The zero-order chi connectivity index (χ0) is 23.8. The number of benzene rings is 2. The van der Waals surface area contributed by atoms with Crippen molar-refractivity contribution in [1.82, 2.24) is 10.2 Å². The number of nitrogens with zero attached hydrogens (tertiary/aromatic N) is 2. The normalized spacial score (nSPS) is 18.1. The molecule has 0 saturated carbocycles. The molecule has 0 bridgehead atoms. The molecule has 0 aliphatic carbocycles. The molecule has 0 spiro atoms. The van der Waals surface area contributed by atoms with Gasteiger partial charge in [-0.15, -0.1) is 12.4 Å². The Labute approximate surface area is 207 Å². The molecule has 186 valence electrons. The summed E-state index contributed by atoms with van der Waals surface area (Å²) in [5, 5.41) is 3.29. The van der Waals surface area contributed by atoms with Gasteiger partial charge < -0.3 is 15.1 Å². The maximum Gasteiger partial charge on any atom is 0.501 e. The quantitative estimate of drug-likeness (QED) is 0.603. The Morgan fingerprint density at radius 2 is 1.85 bits per heavy atom. The van der Waals surface area contributed by atoms with E-state index in [0.29, 0.717) is 43.1 Å². The summed E-state index contributed by atoms with van der Waals surface area (Å²) < 4.78 is 63.5. The number of nitrogens with one attached hydrogen (secondary N) is 1. The molecule has 1 amide bonds. The molecule has 0 aromatic heterocycles. The first-order valence-electron chi connectivity index (χ1n) is 10.6. The van der Waals surface area contributed by atoms with Crippen molar-refractivity contribution < 1.29 is 26.4 Å². The topological polar surface area (TPSA) is 69.7 Å². The van der Waals surface area contributed by atoms with Gasteiger partial charge in [-0.2, -0.15) is 13.2 Å². The first-order chi connectivity index (χ1) is 15.6. The number of halogens is 4. The van der Waals surface area contributed by atoms with Crippen LogP contribution < -0.4 is 10.2 Å². The first-order valence-corrected chi connectivity index (χ1v) is 12.9. The van der Waals surface area contributed by atoms with Gasteiger partial charge in [0.1, 0.15) is 0 Å². The summed E-state index contributed by atoms with van der Waals surface area (Å²) in [5.74, 6) is 0.0218. The lowest BCUT2D eigenvalue weighted by atomic mass is 10.1. The monoisotopic (exact) mass is 535 g/mol. The summed E-state index contributed by atoms with van der Waals surface area (Å²) in [4.78, 5) is 16.5. The van der Waals surface area contributed by atoms with Gasteiger partial charge >= 0.3 is 5.51 Å². The fourth-order valence-electron chi connectivity index (χ4n) is 4.27. The van der Waals surface area contributed by atoms with Crippen molar-refractivity contribution in [2.24, 2.45) is 0 Å². The fraction of sp³-hybridized carbons (Fsp3) is 0.409. The van der Waals surface area contributed by atoms with Gasteiger partial charge in [-0.3, -0.25) is 4.79 Å². The van der Waals surface area contributed by atoms with Gasteiger partial charge in [-0.1, -0.05) is 23.9 Å². The lowest BCUT2D eigenvalue weighted by Crippen LogP contribution is -2.53. The van der Waals surface area contributed by atoms with Crippen LogP contribution in [0.15, 0.2) is 57.2 Å². The standard InChI is InChI=1S/C22H24F3N3O3S2.ClH/c1-15(29)27-12-10-26-14-16(27)5-4-11-28-18-6-2-3-7-20(18)32-21-9-8-17(13-19(21)28)33(30,31)22(23,24)25;/h2-3,6-9,13,16,26H,4-5,10-12,14H2,1H3;1H. The number of para-hydroxylation sites is 1. The summed E-state index contributed by atoms with van der Waals surface area (Å²) in [6.07, 6.45) is 1.39. The highest BCUT2D eigenvalue weighted by Gasteiger charge is 2.47. The molecule has 12 heteroatoms. The second kappa shape index (κ2) is 10.3. The summed E-state index contributed by atoms with van der Waals surface area (Å²) in [5.41, 5.74) is -4.11. The van der Waals surface area contributed by atoms with Crippen LogP contribution in [-0.2, 0) is 14.6 Å². The zero-order valence-electron chi connectivity index (χ0n) is 18.3. The minimum absolute atomic E-state index is 0. The number of carbonyl (C=O) groups excluding carboxylic acids is 1. The van der Waals surface area contributed by atoms with Crippen molar-refractivity contribution in [1.29, 1.82) is 0 Å². The van der Waals surface area contributed by atoms with E-state index in [4.69, 9.17) is 0 Å². The van der Waals surface area contributed by atoms with Crippen molar-refractivity contribution in [3.8, 4) is 0 Å². The Bertz CT molecular complexity index is 1160. The van der Waals surface area contributed by atoms with Gasteiger partial charge in [0.05, 0.1) is 16.3 Å². The van der Waals surface area contributed by atoms with E-state index in [1.165, 1.54) is 17.8 Å². The van der Waals surface area contributed by atoms with E-state index < -0.39 is 20.2 Å². The molecule has 1 fully saturated rings. The number of sulfone groups is 1. The van der Waals surface area contributed by atoms with E-state index in [1.807, 2.05) is 34.1 Å². The van der Waals surface area contributed by atoms with Crippen LogP contribution in [0.25, 0.3) is 0 Å². The lowest BCUT2D eigenvalue weighted by Gasteiger charge is -2.37. The predicted octanol–water partition coefficient (Wildman–Crippen LogP) is 4.61. The number of fused-ring (bicyclic) bond motifs is 2. The molecule has 4 rings (SSSR count). The van der Waals surface area contributed by atoms with Crippen LogP contribution in [0.5, 0.6) is 0 Å². The largest absolute Gasteiger partial charge is 0.501 e. The minimum Gasteiger partial charge on any atom is -0.340 e. The molecule has 6 nitrogen and oxygen atoms in total. The Hall–Kier alpha value is -1.95. The molecule has 2 aliphatic rings. The van der Waals surface area contributed by atoms with Crippen LogP contribution in [0.2, 0.25) is 0 Å². The van der Waals surface area contributed by atoms with Gasteiger partial charge in [0, 0.05) is 48.9 Å². The van der Waals surface area contributed by atoms with Gasteiger partial charge in [0.2, 0.25) is 5.91 Å². The molecule has 1 saturated heterocycles. The summed E-state index contributed by atoms with van der Waals surface area (Å²) in [6.45, 7) is 4.11. The first kappa shape index (κ1) is 26.7. The van der Waals surface area contributed by atoms with Crippen LogP contribution in [0.1, 0.15) is 19.8 Å². The van der Waals surface area contributed by atoms with Crippen LogP contribution in [-0.4, -0.2) is 57.0 Å². The number of hydrogen-bond acceptors (Lipinski definition) is 6. The lowest BCUT2D eigenvalue weighted by molar-refractivity contribution is -0.132. The van der Waals surface area contributed by atoms with Crippen molar-refractivity contribution in [3.63, 3.8) is 0 Å². The molecule has 1 N–H and O–H groups in total. The highest BCUT2D eigenvalue weighted by atomic mass is 35.5. The smallest absolute Gasteiger partial charge is 0.340 e. The molecule has 0 radical (unpaired) electrons. The average Bonchev–Trinajstić information content (AvgIpc) is 2.77. The second-order valence-electron chi connectivity index (χ2n) is 8.01. The van der Waals surface area contributed by atoms with Gasteiger partial charge in [0.15, 0.2) is 0 Å². The molecule has 2 aromatic rings. The third-order valence-corrected chi connectivity index (χ3v) is 8.50. The third kappa shape index (κ3) is 5.17. The molecule has 34 heavy (non-hydrogen) atoms. The third-order valence-electron chi connectivity index (χ3n) is 5.89. The molecule has 2 aliphatic heterocycles. The maximum atomic E-state index is 13.2. The number of anilines is 2. The van der Waals surface area contributed by atoms with Crippen LogP contribution in [0.3, 0.4) is 0 Å². The molecule has 2 aromatic carbocycles. The minimum atomic E-state index is -5.45. The number of alkyl halides is 3. The van der Waals surface area contributed by atoms with E-state index in [9.17, 15) is 26.4 Å². The average molecular weight is 536 g/mol. The number of hydrogen-bond donors (Lipinski definition) is 1. The Morgan fingerprint density at radius 3 is 2.56 bits per heavy atom. The highest BCUT2D eigenvalue weighted by molar-refractivity contribution is 7.99. The van der Waals surface area contributed by atoms with Crippen LogP contribution in [0.4, 0.5) is 24.5 Å². The predicted molar refractivity (Wildman–Crippen MR) is 128 cm³/mol. The Kier molecular flexibility index (Phi) is 8.11. The summed E-state index contributed by atoms with van der Waals surface area (Å²) in [7, 11) is -5.45.